The number of rotatable bonds is 5. The number of methoxy groups -OCH3 is 1. The van der Waals surface area contributed by atoms with Crippen LogP contribution in [0.3, 0.4) is 0 Å². The Labute approximate surface area is 177 Å². The van der Waals surface area contributed by atoms with Crippen molar-refractivity contribution in [3.05, 3.63) is 64.2 Å². The van der Waals surface area contributed by atoms with E-state index in [-0.39, 0.29) is 29.9 Å². The van der Waals surface area contributed by atoms with Crippen LogP contribution < -0.4 is 15.4 Å². The van der Waals surface area contributed by atoms with Crippen LogP contribution in [0.25, 0.3) is 0 Å². The molecular weight excluding hydrogens is 414 g/mol. The zero-order chi connectivity index (χ0) is 21.5. The van der Waals surface area contributed by atoms with E-state index in [1.807, 2.05) is 12.1 Å². The minimum absolute atomic E-state index is 0.0533. The van der Waals surface area contributed by atoms with E-state index in [1.165, 1.54) is 7.11 Å². The lowest BCUT2D eigenvalue weighted by atomic mass is 9.92. The number of urea groups is 1. The molecular formula is C22H21ClF2N2O3. The molecule has 0 aliphatic heterocycles. The fourth-order valence-corrected chi connectivity index (χ4v) is 4.35. The Morgan fingerprint density at radius 3 is 2.50 bits per heavy atom. The molecule has 2 N–H and O–H groups in total. The van der Waals surface area contributed by atoms with E-state index in [4.69, 9.17) is 16.3 Å². The van der Waals surface area contributed by atoms with Gasteiger partial charge < -0.3 is 15.4 Å². The Morgan fingerprint density at radius 2 is 1.90 bits per heavy atom. The van der Waals surface area contributed by atoms with E-state index in [0.717, 1.165) is 30.5 Å². The molecule has 5 nitrogen and oxygen atoms in total. The number of benzene rings is 2. The number of hydrogen-bond donors (Lipinski definition) is 2. The van der Waals surface area contributed by atoms with E-state index in [9.17, 15) is 18.4 Å². The lowest BCUT2D eigenvalue weighted by molar-refractivity contribution is -0.119. The summed E-state index contributed by atoms with van der Waals surface area (Å²) in [6.07, 6.45) is 1.87. The first kappa shape index (κ1) is 20.6. The Balaban J connectivity index is 1.52. The lowest BCUT2D eigenvalue weighted by Crippen LogP contribution is -2.49. The van der Waals surface area contributed by atoms with Gasteiger partial charge in [-0.25, -0.2) is 13.6 Å². The molecule has 30 heavy (non-hydrogen) atoms. The summed E-state index contributed by atoms with van der Waals surface area (Å²) >= 11 is 6.06. The number of carbonyl (C=O) groups excluding carboxylic acids is 2. The van der Waals surface area contributed by atoms with Crippen LogP contribution in [0.1, 0.15) is 42.7 Å². The number of hydrogen-bond acceptors (Lipinski definition) is 3. The molecule has 2 fully saturated rings. The van der Waals surface area contributed by atoms with Gasteiger partial charge in [-0.3, -0.25) is 4.79 Å². The van der Waals surface area contributed by atoms with Crippen LogP contribution in [-0.4, -0.2) is 25.0 Å². The average Bonchev–Trinajstić information content (AvgIpc) is 3.40. The van der Waals surface area contributed by atoms with Crippen molar-refractivity contribution in [2.75, 3.05) is 7.11 Å². The summed E-state index contributed by atoms with van der Waals surface area (Å²) in [5.74, 6) is -2.57. The quantitative estimate of drug-likeness (QED) is 0.731. The van der Waals surface area contributed by atoms with Gasteiger partial charge in [0.1, 0.15) is 17.4 Å². The molecule has 0 bridgehead atoms. The molecule has 8 heteroatoms. The van der Waals surface area contributed by atoms with Crippen molar-refractivity contribution in [3.8, 4) is 5.75 Å². The monoisotopic (exact) mass is 434 g/mol. The molecule has 2 saturated carbocycles. The Morgan fingerprint density at radius 1 is 1.20 bits per heavy atom. The number of ether oxygens (including phenoxy) is 1. The molecule has 0 spiro atoms. The van der Waals surface area contributed by atoms with Crippen LogP contribution in [0.15, 0.2) is 36.4 Å². The van der Waals surface area contributed by atoms with Gasteiger partial charge in [0.05, 0.1) is 18.7 Å². The van der Waals surface area contributed by atoms with Crippen LogP contribution >= 0.6 is 11.6 Å². The SMILES string of the molecule is COc1cc(F)c([C@@H]2CCC(=O)[C@H]2NC(=O)NC2(c3cccc(Cl)c3)CC2)c(F)c1. The number of amides is 2. The molecule has 2 atom stereocenters. The van der Waals surface area contributed by atoms with Crippen molar-refractivity contribution in [2.24, 2.45) is 0 Å². The summed E-state index contributed by atoms with van der Waals surface area (Å²) in [7, 11) is 1.31. The van der Waals surface area contributed by atoms with Gasteiger partial charge >= 0.3 is 6.03 Å². The molecule has 2 aliphatic rings. The first-order valence-electron chi connectivity index (χ1n) is 9.73. The van der Waals surface area contributed by atoms with Gasteiger partial charge in [-0.2, -0.15) is 0 Å². The molecule has 2 aromatic rings. The molecule has 2 aliphatic carbocycles. The van der Waals surface area contributed by atoms with Crippen molar-refractivity contribution in [2.45, 2.75) is 43.2 Å². The zero-order valence-electron chi connectivity index (χ0n) is 16.3. The van der Waals surface area contributed by atoms with Crippen molar-refractivity contribution in [1.82, 2.24) is 10.6 Å². The fourth-order valence-electron chi connectivity index (χ4n) is 4.16. The Bertz CT molecular complexity index is 987. The highest BCUT2D eigenvalue weighted by atomic mass is 35.5. The fraction of sp³-hybridized carbons (Fsp3) is 0.364. The molecule has 0 heterocycles. The largest absolute Gasteiger partial charge is 0.497 e. The van der Waals surface area contributed by atoms with Crippen LogP contribution in [0, 0.1) is 11.6 Å². The lowest BCUT2D eigenvalue weighted by Gasteiger charge is -2.24. The minimum Gasteiger partial charge on any atom is -0.497 e. The third kappa shape index (κ3) is 3.86. The maximum Gasteiger partial charge on any atom is 0.316 e. The molecule has 0 saturated heterocycles. The van der Waals surface area contributed by atoms with Gasteiger partial charge in [-0.15, -0.1) is 0 Å². The van der Waals surface area contributed by atoms with Gasteiger partial charge in [0.25, 0.3) is 0 Å². The molecule has 4 rings (SSSR count). The molecule has 2 amide bonds. The Kier molecular flexibility index (Phi) is 5.40. The first-order valence-corrected chi connectivity index (χ1v) is 10.1. The smallest absolute Gasteiger partial charge is 0.316 e. The highest BCUT2D eigenvalue weighted by molar-refractivity contribution is 6.30. The van der Waals surface area contributed by atoms with Gasteiger partial charge in [0, 0.05) is 35.1 Å². The van der Waals surface area contributed by atoms with Crippen molar-refractivity contribution < 1.29 is 23.1 Å². The topological polar surface area (TPSA) is 67.4 Å². The van der Waals surface area contributed by atoms with Crippen molar-refractivity contribution in [1.29, 1.82) is 0 Å². The molecule has 0 radical (unpaired) electrons. The second-order valence-corrected chi connectivity index (χ2v) is 8.22. The number of Topliss-reactive ketones (excluding diaryl/α,β-unsaturated/α-hetero) is 1. The van der Waals surface area contributed by atoms with Crippen molar-refractivity contribution >= 4 is 23.4 Å². The highest BCUT2D eigenvalue weighted by Crippen LogP contribution is 2.46. The van der Waals surface area contributed by atoms with Gasteiger partial charge in [-0.05, 0) is 37.0 Å². The van der Waals surface area contributed by atoms with Crippen LogP contribution in [0.2, 0.25) is 5.02 Å². The third-order valence-electron chi connectivity index (χ3n) is 5.88. The van der Waals surface area contributed by atoms with E-state index in [2.05, 4.69) is 10.6 Å². The first-order chi connectivity index (χ1) is 14.3. The number of ketones is 1. The molecule has 2 aromatic carbocycles. The maximum atomic E-state index is 14.6. The molecule has 0 aromatic heterocycles. The second-order valence-electron chi connectivity index (χ2n) is 7.78. The van der Waals surface area contributed by atoms with E-state index in [0.29, 0.717) is 5.02 Å². The van der Waals surface area contributed by atoms with Crippen LogP contribution in [0.4, 0.5) is 13.6 Å². The predicted molar refractivity (Wildman–Crippen MR) is 108 cm³/mol. The Hall–Kier alpha value is -2.67. The molecule has 158 valence electrons. The summed E-state index contributed by atoms with van der Waals surface area (Å²) in [6.45, 7) is 0. The minimum atomic E-state index is -1.00. The van der Waals surface area contributed by atoms with Crippen LogP contribution in [0.5, 0.6) is 5.75 Å². The summed E-state index contributed by atoms with van der Waals surface area (Å²) < 4.78 is 34.0. The second kappa shape index (κ2) is 7.87. The van der Waals surface area contributed by atoms with E-state index in [1.54, 1.807) is 12.1 Å². The van der Waals surface area contributed by atoms with Gasteiger partial charge in [0.2, 0.25) is 0 Å². The summed E-state index contributed by atoms with van der Waals surface area (Å²) in [5.41, 5.74) is 0.137. The number of carbonyl (C=O) groups is 2. The highest BCUT2D eigenvalue weighted by Gasteiger charge is 2.47. The predicted octanol–water partition coefficient (Wildman–Crippen LogP) is 4.43. The maximum absolute atomic E-state index is 14.6. The zero-order valence-corrected chi connectivity index (χ0v) is 17.1. The average molecular weight is 435 g/mol. The molecule has 0 unspecified atom stereocenters. The van der Waals surface area contributed by atoms with Gasteiger partial charge in [0.15, 0.2) is 5.78 Å². The van der Waals surface area contributed by atoms with Crippen molar-refractivity contribution in [3.63, 3.8) is 0 Å². The third-order valence-corrected chi connectivity index (χ3v) is 6.11. The normalized spacial score (nSPS) is 21.9. The summed E-state index contributed by atoms with van der Waals surface area (Å²) in [4.78, 5) is 25.1. The van der Waals surface area contributed by atoms with E-state index >= 15 is 0 Å². The van der Waals surface area contributed by atoms with Crippen LogP contribution in [-0.2, 0) is 10.3 Å². The number of halogens is 3. The standard InChI is InChI=1S/C22H21ClF2N2O3/c1-30-14-10-16(24)19(17(25)11-14)15-5-6-18(28)20(15)26-21(29)27-22(7-8-22)12-3-2-4-13(23)9-12/h2-4,9-11,15,20H,5-8H2,1H3,(H2,26,27,29)/t15-,20-/m0/s1. The summed E-state index contributed by atoms with van der Waals surface area (Å²) in [5, 5.41) is 6.12. The van der Waals surface area contributed by atoms with Gasteiger partial charge in [-0.1, -0.05) is 23.7 Å². The van der Waals surface area contributed by atoms with E-state index < -0.39 is 35.2 Å². The number of nitrogens with one attached hydrogen (secondary N) is 2. The summed E-state index contributed by atoms with van der Waals surface area (Å²) in [6, 6.07) is 7.84.